The van der Waals surface area contributed by atoms with Crippen LogP contribution in [0.5, 0.6) is 5.75 Å². The Bertz CT molecular complexity index is 972. The number of rotatable bonds is 6. The molecule has 0 saturated carbocycles. The summed E-state index contributed by atoms with van der Waals surface area (Å²) in [6, 6.07) is 12.9. The van der Waals surface area contributed by atoms with E-state index in [1.807, 2.05) is 44.2 Å². The molecule has 0 fully saturated rings. The molecule has 0 aliphatic carbocycles. The standard InChI is InChI=1S/C20H18Cl2N2O2S/c1-12-5-3-4-6-17(12)26-11-19(25)24-20-23-13(2)18(27-20)10-14-9-15(21)7-8-16(14)22/h3-9H,10-11H2,1-2H3,(H,23,24,25). The van der Waals surface area contributed by atoms with Crippen LogP contribution in [0.25, 0.3) is 0 Å². The van der Waals surface area contributed by atoms with Crippen molar-refractivity contribution < 1.29 is 9.53 Å². The fourth-order valence-electron chi connectivity index (χ4n) is 2.51. The van der Waals surface area contributed by atoms with Gasteiger partial charge in [0.15, 0.2) is 11.7 Å². The molecule has 1 heterocycles. The predicted octanol–water partition coefficient (Wildman–Crippen LogP) is 5.68. The van der Waals surface area contributed by atoms with Crippen LogP contribution in [0.3, 0.4) is 0 Å². The normalized spacial score (nSPS) is 10.7. The number of ether oxygens (including phenoxy) is 1. The average Bonchev–Trinajstić information content (AvgIpc) is 2.96. The first kappa shape index (κ1) is 19.7. The molecule has 140 valence electrons. The van der Waals surface area contributed by atoms with Gasteiger partial charge in [0.25, 0.3) is 5.91 Å². The minimum atomic E-state index is -0.251. The fourth-order valence-corrected chi connectivity index (χ4v) is 3.90. The van der Waals surface area contributed by atoms with Crippen LogP contribution < -0.4 is 10.1 Å². The Morgan fingerprint density at radius 3 is 2.74 bits per heavy atom. The Balaban J connectivity index is 1.63. The highest BCUT2D eigenvalue weighted by Crippen LogP contribution is 2.29. The lowest BCUT2D eigenvalue weighted by Crippen LogP contribution is -2.20. The van der Waals surface area contributed by atoms with Gasteiger partial charge in [0.2, 0.25) is 0 Å². The number of nitrogens with one attached hydrogen (secondary N) is 1. The van der Waals surface area contributed by atoms with Crippen molar-refractivity contribution in [3.63, 3.8) is 0 Å². The van der Waals surface area contributed by atoms with Crippen LogP contribution in [-0.4, -0.2) is 17.5 Å². The molecule has 0 aliphatic rings. The zero-order chi connectivity index (χ0) is 19.4. The number of thiazole rings is 1. The molecule has 1 N–H and O–H groups in total. The van der Waals surface area contributed by atoms with Crippen molar-refractivity contribution in [1.82, 2.24) is 4.98 Å². The molecule has 0 bridgehead atoms. The molecule has 27 heavy (non-hydrogen) atoms. The maximum Gasteiger partial charge on any atom is 0.264 e. The first-order chi connectivity index (χ1) is 12.9. The molecule has 0 aliphatic heterocycles. The van der Waals surface area contributed by atoms with Crippen molar-refractivity contribution in [2.75, 3.05) is 11.9 Å². The number of benzene rings is 2. The Morgan fingerprint density at radius 2 is 1.96 bits per heavy atom. The van der Waals surface area contributed by atoms with Crippen molar-refractivity contribution in [2.45, 2.75) is 20.3 Å². The highest BCUT2D eigenvalue weighted by atomic mass is 35.5. The van der Waals surface area contributed by atoms with E-state index < -0.39 is 0 Å². The molecular weight excluding hydrogens is 403 g/mol. The van der Waals surface area contributed by atoms with Gasteiger partial charge in [-0.1, -0.05) is 41.4 Å². The van der Waals surface area contributed by atoms with Crippen LogP contribution in [0.15, 0.2) is 42.5 Å². The van der Waals surface area contributed by atoms with E-state index in [1.54, 1.807) is 12.1 Å². The Labute approximate surface area is 172 Å². The molecule has 0 radical (unpaired) electrons. The summed E-state index contributed by atoms with van der Waals surface area (Å²) >= 11 is 13.7. The number of carbonyl (C=O) groups excluding carboxylic acids is 1. The number of carbonyl (C=O) groups is 1. The smallest absolute Gasteiger partial charge is 0.264 e. The van der Waals surface area contributed by atoms with Crippen LogP contribution in [0.1, 0.15) is 21.7 Å². The summed E-state index contributed by atoms with van der Waals surface area (Å²) in [5, 5.41) is 4.62. The highest BCUT2D eigenvalue weighted by Gasteiger charge is 2.13. The van der Waals surface area contributed by atoms with Gasteiger partial charge in [-0.05, 0) is 49.2 Å². The molecule has 0 atom stereocenters. The molecule has 2 aromatic carbocycles. The molecule has 0 unspecified atom stereocenters. The van der Waals surface area contributed by atoms with Crippen molar-refractivity contribution in [3.05, 3.63) is 74.2 Å². The molecule has 4 nitrogen and oxygen atoms in total. The molecule has 0 spiro atoms. The van der Waals surface area contributed by atoms with E-state index in [0.29, 0.717) is 27.3 Å². The summed E-state index contributed by atoms with van der Waals surface area (Å²) in [7, 11) is 0. The molecule has 1 amide bonds. The fraction of sp³-hybridized carbons (Fsp3) is 0.200. The monoisotopic (exact) mass is 420 g/mol. The quantitative estimate of drug-likeness (QED) is 0.558. The molecule has 1 aromatic heterocycles. The predicted molar refractivity (Wildman–Crippen MR) is 111 cm³/mol. The van der Waals surface area contributed by atoms with Gasteiger partial charge in [-0.25, -0.2) is 4.98 Å². The number of aryl methyl sites for hydroxylation is 2. The molecule has 7 heteroatoms. The maximum atomic E-state index is 12.2. The van der Waals surface area contributed by atoms with Gasteiger partial charge in [-0.15, -0.1) is 11.3 Å². The lowest BCUT2D eigenvalue weighted by Gasteiger charge is -2.08. The summed E-state index contributed by atoms with van der Waals surface area (Å²) in [4.78, 5) is 17.6. The van der Waals surface area contributed by atoms with Crippen LogP contribution >= 0.6 is 34.5 Å². The van der Waals surface area contributed by atoms with Crippen LogP contribution in [0.2, 0.25) is 10.0 Å². The Kier molecular flexibility index (Phi) is 6.37. The first-order valence-electron chi connectivity index (χ1n) is 8.31. The van der Waals surface area contributed by atoms with E-state index in [-0.39, 0.29) is 12.5 Å². The molecule has 0 saturated heterocycles. The second-order valence-corrected chi connectivity index (χ2v) is 7.97. The van der Waals surface area contributed by atoms with Gasteiger partial charge in [-0.3, -0.25) is 10.1 Å². The summed E-state index contributed by atoms with van der Waals surface area (Å²) in [5.41, 5.74) is 2.76. The van der Waals surface area contributed by atoms with Gasteiger partial charge in [-0.2, -0.15) is 0 Å². The van der Waals surface area contributed by atoms with E-state index in [2.05, 4.69) is 10.3 Å². The summed E-state index contributed by atoms with van der Waals surface area (Å²) < 4.78 is 5.57. The molecule has 3 rings (SSSR count). The minimum absolute atomic E-state index is 0.0705. The van der Waals surface area contributed by atoms with Crippen LogP contribution in [0, 0.1) is 13.8 Å². The number of hydrogen-bond donors (Lipinski definition) is 1. The van der Waals surface area contributed by atoms with Gasteiger partial charge in [0.1, 0.15) is 5.75 Å². The number of para-hydroxylation sites is 1. The SMILES string of the molecule is Cc1ccccc1OCC(=O)Nc1nc(C)c(Cc2cc(Cl)ccc2Cl)s1. The Morgan fingerprint density at radius 1 is 1.19 bits per heavy atom. The molecule has 3 aromatic rings. The van der Waals surface area contributed by atoms with E-state index >= 15 is 0 Å². The van der Waals surface area contributed by atoms with E-state index in [4.69, 9.17) is 27.9 Å². The number of amides is 1. The second kappa shape index (κ2) is 8.74. The van der Waals surface area contributed by atoms with Gasteiger partial charge >= 0.3 is 0 Å². The number of hydrogen-bond acceptors (Lipinski definition) is 4. The van der Waals surface area contributed by atoms with E-state index in [0.717, 1.165) is 21.7 Å². The third-order valence-corrected chi connectivity index (χ3v) is 5.63. The molecular formula is C20H18Cl2N2O2S. The van der Waals surface area contributed by atoms with E-state index in [9.17, 15) is 4.79 Å². The van der Waals surface area contributed by atoms with Crippen molar-refractivity contribution in [2.24, 2.45) is 0 Å². The summed E-state index contributed by atoms with van der Waals surface area (Å²) in [5.74, 6) is 0.443. The van der Waals surface area contributed by atoms with Crippen molar-refractivity contribution in [1.29, 1.82) is 0 Å². The number of nitrogens with zero attached hydrogens (tertiary/aromatic N) is 1. The number of halogens is 2. The van der Waals surface area contributed by atoms with Gasteiger partial charge in [0.05, 0.1) is 5.69 Å². The zero-order valence-corrected chi connectivity index (χ0v) is 17.2. The summed E-state index contributed by atoms with van der Waals surface area (Å²) in [6.07, 6.45) is 0.610. The average molecular weight is 421 g/mol. The van der Waals surface area contributed by atoms with Crippen LogP contribution in [0.4, 0.5) is 5.13 Å². The lowest BCUT2D eigenvalue weighted by atomic mass is 10.1. The van der Waals surface area contributed by atoms with Gasteiger partial charge in [0, 0.05) is 21.3 Å². The van der Waals surface area contributed by atoms with E-state index in [1.165, 1.54) is 11.3 Å². The zero-order valence-electron chi connectivity index (χ0n) is 14.9. The Hall–Kier alpha value is -2.08. The lowest BCUT2D eigenvalue weighted by molar-refractivity contribution is -0.118. The number of anilines is 1. The van der Waals surface area contributed by atoms with Crippen LogP contribution in [-0.2, 0) is 11.2 Å². The van der Waals surface area contributed by atoms with Crippen molar-refractivity contribution in [3.8, 4) is 5.75 Å². The topological polar surface area (TPSA) is 51.2 Å². The van der Waals surface area contributed by atoms with Gasteiger partial charge < -0.3 is 4.74 Å². The largest absolute Gasteiger partial charge is 0.483 e. The first-order valence-corrected chi connectivity index (χ1v) is 9.88. The number of aromatic nitrogens is 1. The van der Waals surface area contributed by atoms with Crippen molar-refractivity contribution >= 4 is 45.6 Å². The minimum Gasteiger partial charge on any atom is -0.483 e. The summed E-state index contributed by atoms with van der Waals surface area (Å²) in [6.45, 7) is 3.77. The second-order valence-electron chi connectivity index (χ2n) is 6.04. The third-order valence-electron chi connectivity index (χ3n) is 3.95. The third kappa shape index (κ3) is 5.22. The maximum absolute atomic E-state index is 12.2. The highest BCUT2D eigenvalue weighted by molar-refractivity contribution is 7.15.